The molecule has 140 valence electrons. The van der Waals surface area contributed by atoms with Gasteiger partial charge in [-0.25, -0.2) is 0 Å². The molecule has 0 aromatic heterocycles. The highest BCUT2D eigenvalue weighted by atomic mass is 19.4. The molecule has 2 aliphatic heterocycles. The van der Waals surface area contributed by atoms with Gasteiger partial charge in [0.05, 0.1) is 12.2 Å². The third-order valence-electron chi connectivity index (χ3n) is 5.78. The van der Waals surface area contributed by atoms with Crippen molar-refractivity contribution in [2.45, 2.75) is 49.9 Å². The van der Waals surface area contributed by atoms with Crippen LogP contribution in [0.4, 0.5) is 13.2 Å². The molecule has 6 heteroatoms. The predicted octanol–water partition coefficient (Wildman–Crippen LogP) is 3.48. The van der Waals surface area contributed by atoms with E-state index < -0.39 is 11.7 Å². The van der Waals surface area contributed by atoms with Gasteiger partial charge in [-0.3, -0.25) is 4.90 Å². The van der Waals surface area contributed by atoms with E-state index in [2.05, 4.69) is 17.3 Å². The first-order valence-corrected chi connectivity index (χ1v) is 9.08. The lowest BCUT2D eigenvalue weighted by atomic mass is 9.82. The molecule has 2 heterocycles. The summed E-state index contributed by atoms with van der Waals surface area (Å²) in [5, 5.41) is 3.49. The minimum atomic E-state index is -4.28. The van der Waals surface area contributed by atoms with Gasteiger partial charge >= 0.3 is 6.18 Å². The summed E-state index contributed by atoms with van der Waals surface area (Å²) in [5.74, 6) is 0. The minimum Gasteiger partial charge on any atom is -0.380 e. The number of hydrogen-bond acceptors (Lipinski definition) is 3. The molecule has 1 aromatic rings. The summed E-state index contributed by atoms with van der Waals surface area (Å²) in [7, 11) is 2.15. The molecule has 2 aliphatic rings. The molecule has 0 radical (unpaired) electrons. The Hall–Kier alpha value is -1.11. The second-order valence-corrected chi connectivity index (χ2v) is 7.33. The van der Waals surface area contributed by atoms with Crippen molar-refractivity contribution in [3.63, 3.8) is 0 Å². The highest BCUT2D eigenvalue weighted by Crippen LogP contribution is 2.33. The number of rotatable bonds is 5. The normalized spacial score (nSPS) is 27.8. The maximum atomic E-state index is 12.9. The first-order chi connectivity index (χ1) is 11.9. The molecule has 2 atom stereocenters. The molecule has 0 bridgehead atoms. The topological polar surface area (TPSA) is 24.5 Å². The van der Waals surface area contributed by atoms with Crippen LogP contribution >= 0.6 is 0 Å². The molecule has 1 aromatic carbocycles. The standard InChI is InChI=1S/C19H27F3N2O/c1-24(17-7-11-25-13-17)18(8-3-10-23-14-18)9-6-15-4-2-5-16(12-15)19(20,21)22/h2,4-5,12,17,23H,3,6-11,13-14H2,1H3/t17-,18-/m1/s1. The second kappa shape index (κ2) is 7.64. The lowest BCUT2D eigenvalue weighted by Crippen LogP contribution is -2.59. The third kappa shape index (κ3) is 4.36. The quantitative estimate of drug-likeness (QED) is 0.874. The summed E-state index contributed by atoms with van der Waals surface area (Å²) in [6, 6.07) is 6.16. The molecular formula is C19H27F3N2O. The Kier molecular flexibility index (Phi) is 5.71. The zero-order chi connectivity index (χ0) is 17.9. The first kappa shape index (κ1) is 18.7. The van der Waals surface area contributed by atoms with Crippen molar-refractivity contribution < 1.29 is 17.9 Å². The van der Waals surface area contributed by atoms with E-state index in [1.807, 2.05) is 0 Å². The Bertz CT molecular complexity index is 564. The molecule has 0 unspecified atom stereocenters. The van der Waals surface area contributed by atoms with Gasteiger partial charge in [0.15, 0.2) is 0 Å². The van der Waals surface area contributed by atoms with Crippen LogP contribution in [0.3, 0.4) is 0 Å². The van der Waals surface area contributed by atoms with Crippen LogP contribution in [0.2, 0.25) is 0 Å². The second-order valence-electron chi connectivity index (χ2n) is 7.33. The highest BCUT2D eigenvalue weighted by Gasteiger charge is 2.40. The summed E-state index contributed by atoms with van der Waals surface area (Å²) < 4.78 is 44.4. The summed E-state index contributed by atoms with van der Waals surface area (Å²) >= 11 is 0. The third-order valence-corrected chi connectivity index (χ3v) is 5.78. The van der Waals surface area contributed by atoms with Crippen LogP contribution < -0.4 is 5.32 Å². The molecule has 0 saturated carbocycles. The fourth-order valence-corrected chi connectivity index (χ4v) is 4.14. The van der Waals surface area contributed by atoms with E-state index in [0.717, 1.165) is 63.6 Å². The highest BCUT2D eigenvalue weighted by molar-refractivity contribution is 5.26. The van der Waals surface area contributed by atoms with Crippen LogP contribution in [-0.4, -0.2) is 49.8 Å². The maximum Gasteiger partial charge on any atom is 0.416 e. The van der Waals surface area contributed by atoms with Gasteiger partial charge in [0, 0.05) is 24.7 Å². The Morgan fingerprint density at radius 2 is 2.20 bits per heavy atom. The maximum absolute atomic E-state index is 12.9. The molecule has 25 heavy (non-hydrogen) atoms. The Morgan fingerprint density at radius 1 is 1.36 bits per heavy atom. The van der Waals surface area contributed by atoms with Crippen LogP contribution in [0.25, 0.3) is 0 Å². The van der Waals surface area contributed by atoms with Gasteiger partial charge in [-0.05, 0) is 57.3 Å². The Morgan fingerprint density at radius 3 is 2.84 bits per heavy atom. The van der Waals surface area contributed by atoms with Crippen molar-refractivity contribution in [3.05, 3.63) is 35.4 Å². The molecule has 0 aliphatic carbocycles. The number of nitrogens with zero attached hydrogens (tertiary/aromatic N) is 1. The number of likely N-dealkylation sites (N-methyl/N-ethyl adjacent to an activating group) is 1. The molecule has 3 nitrogen and oxygen atoms in total. The molecule has 0 amide bonds. The fourth-order valence-electron chi connectivity index (χ4n) is 4.14. The zero-order valence-electron chi connectivity index (χ0n) is 14.7. The van der Waals surface area contributed by atoms with Gasteiger partial charge in [0.2, 0.25) is 0 Å². The van der Waals surface area contributed by atoms with E-state index in [4.69, 9.17) is 4.74 Å². The van der Waals surface area contributed by atoms with E-state index in [-0.39, 0.29) is 5.54 Å². The lowest BCUT2D eigenvalue weighted by molar-refractivity contribution is -0.137. The summed E-state index contributed by atoms with van der Waals surface area (Å²) in [6.45, 7) is 3.45. The number of hydrogen-bond donors (Lipinski definition) is 1. The van der Waals surface area contributed by atoms with Crippen molar-refractivity contribution in [3.8, 4) is 0 Å². The predicted molar refractivity (Wildman–Crippen MR) is 91.6 cm³/mol. The van der Waals surface area contributed by atoms with Gasteiger partial charge in [0.1, 0.15) is 0 Å². The van der Waals surface area contributed by atoms with Gasteiger partial charge in [-0.2, -0.15) is 13.2 Å². The molecule has 1 N–H and O–H groups in total. The van der Waals surface area contributed by atoms with Crippen LogP contribution in [0.1, 0.15) is 36.8 Å². The van der Waals surface area contributed by atoms with Crippen molar-refractivity contribution in [1.82, 2.24) is 10.2 Å². The number of piperidine rings is 1. The van der Waals surface area contributed by atoms with Gasteiger partial charge < -0.3 is 10.1 Å². The number of nitrogens with one attached hydrogen (secondary N) is 1. The smallest absolute Gasteiger partial charge is 0.380 e. The van der Waals surface area contributed by atoms with Gasteiger partial charge in [0.25, 0.3) is 0 Å². The van der Waals surface area contributed by atoms with E-state index in [9.17, 15) is 13.2 Å². The molecule has 0 spiro atoms. The average molecular weight is 356 g/mol. The summed E-state index contributed by atoms with van der Waals surface area (Å²) in [6.07, 6.45) is 0.435. The lowest BCUT2D eigenvalue weighted by Gasteiger charge is -2.47. The summed E-state index contributed by atoms with van der Waals surface area (Å²) in [5.41, 5.74) is 0.194. The SMILES string of the molecule is CN([C@@H]1CCOC1)[C@@]1(CCc2cccc(C(F)(F)F)c2)CCCNC1. The number of benzene rings is 1. The van der Waals surface area contributed by atoms with E-state index in [0.29, 0.717) is 12.5 Å². The number of halogens is 3. The van der Waals surface area contributed by atoms with Crippen LogP contribution in [0.5, 0.6) is 0 Å². The molecule has 2 fully saturated rings. The number of ether oxygens (including phenoxy) is 1. The number of alkyl halides is 3. The molecular weight excluding hydrogens is 329 g/mol. The Balaban J connectivity index is 1.73. The van der Waals surface area contributed by atoms with Gasteiger partial charge in [-0.1, -0.05) is 18.2 Å². The first-order valence-electron chi connectivity index (χ1n) is 9.08. The van der Waals surface area contributed by atoms with Crippen LogP contribution in [0, 0.1) is 0 Å². The van der Waals surface area contributed by atoms with Crippen LogP contribution in [0.15, 0.2) is 24.3 Å². The fraction of sp³-hybridized carbons (Fsp3) is 0.684. The van der Waals surface area contributed by atoms with Gasteiger partial charge in [-0.15, -0.1) is 0 Å². The summed E-state index contributed by atoms with van der Waals surface area (Å²) in [4.78, 5) is 2.43. The minimum absolute atomic E-state index is 0.00907. The van der Waals surface area contributed by atoms with E-state index in [1.165, 1.54) is 12.1 Å². The molecule has 2 saturated heterocycles. The van der Waals surface area contributed by atoms with Crippen molar-refractivity contribution in [2.75, 3.05) is 33.4 Å². The van der Waals surface area contributed by atoms with Crippen molar-refractivity contribution in [1.29, 1.82) is 0 Å². The van der Waals surface area contributed by atoms with Crippen molar-refractivity contribution in [2.24, 2.45) is 0 Å². The van der Waals surface area contributed by atoms with Crippen LogP contribution in [-0.2, 0) is 17.3 Å². The Labute approximate surface area is 147 Å². The largest absolute Gasteiger partial charge is 0.416 e. The molecule has 3 rings (SSSR count). The monoisotopic (exact) mass is 356 g/mol. The van der Waals surface area contributed by atoms with Crippen molar-refractivity contribution >= 4 is 0 Å². The number of aryl methyl sites for hydroxylation is 1. The van der Waals surface area contributed by atoms with E-state index in [1.54, 1.807) is 6.07 Å². The average Bonchev–Trinajstić information content (AvgIpc) is 3.14. The zero-order valence-corrected chi connectivity index (χ0v) is 14.7. The van der Waals surface area contributed by atoms with E-state index >= 15 is 0 Å².